The lowest BCUT2D eigenvalue weighted by molar-refractivity contribution is -0.166. The van der Waals surface area contributed by atoms with E-state index in [2.05, 4.69) is 25.3 Å². The Balaban J connectivity index is 1.96. The van der Waals surface area contributed by atoms with Gasteiger partial charge in [-0.25, -0.2) is 0 Å². The van der Waals surface area contributed by atoms with Crippen molar-refractivity contribution in [2.45, 2.75) is 31.6 Å². The standard InChI is InChI=1S/C9H14OS/c1-9(2)6-10-8(9)7-4-3-5-11-7/h3,5,7-8H,4,6H2,1-2H3. The van der Waals surface area contributed by atoms with Crippen molar-refractivity contribution >= 4 is 11.8 Å². The fourth-order valence-corrected chi connectivity index (χ4v) is 2.96. The molecule has 62 valence electrons. The predicted molar refractivity (Wildman–Crippen MR) is 48.7 cm³/mol. The van der Waals surface area contributed by atoms with Gasteiger partial charge in [0.2, 0.25) is 0 Å². The molecule has 1 fully saturated rings. The second-order valence-electron chi connectivity index (χ2n) is 4.00. The van der Waals surface area contributed by atoms with Crippen molar-refractivity contribution in [1.29, 1.82) is 0 Å². The van der Waals surface area contributed by atoms with Gasteiger partial charge in [-0.15, -0.1) is 11.8 Å². The number of ether oxygens (including phenoxy) is 1. The van der Waals surface area contributed by atoms with Crippen molar-refractivity contribution in [2.75, 3.05) is 6.61 Å². The molecule has 2 unspecified atom stereocenters. The van der Waals surface area contributed by atoms with Crippen LogP contribution < -0.4 is 0 Å². The van der Waals surface area contributed by atoms with Crippen molar-refractivity contribution in [1.82, 2.24) is 0 Å². The van der Waals surface area contributed by atoms with Crippen molar-refractivity contribution < 1.29 is 4.74 Å². The second-order valence-corrected chi connectivity index (χ2v) is 5.15. The Hall–Kier alpha value is 0.0500. The van der Waals surface area contributed by atoms with Crippen LogP contribution in [0, 0.1) is 5.41 Å². The average molecular weight is 170 g/mol. The van der Waals surface area contributed by atoms with Gasteiger partial charge in [0.25, 0.3) is 0 Å². The molecule has 2 aliphatic rings. The highest BCUT2D eigenvalue weighted by Crippen LogP contribution is 2.43. The maximum absolute atomic E-state index is 5.57. The third-order valence-corrected chi connectivity index (χ3v) is 3.60. The van der Waals surface area contributed by atoms with E-state index in [1.54, 1.807) is 0 Å². The van der Waals surface area contributed by atoms with E-state index in [1.807, 2.05) is 11.8 Å². The molecule has 1 nitrogen and oxygen atoms in total. The van der Waals surface area contributed by atoms with E-state index in [0.29, 0.717) is 16.8 Å². The van der Waals surface area contributed by atoms with Crippen LogP contribution in [0.2, 0.25) is 0 Å². The van der Waals surface area contributed by atoms with E-state index in [0.717, 1.165) is 6.61 Å². The molecule has 0 radical (unpaired) electrons. The largest absolute Gasteiger partial charge is 0.376 e. The number of allylic oxidation sites excluding steroid dienone is 1. The Morgan fingerprint density at radius 3 is 2.73 bits per heavy atom. The predicted octanol–water partition coefficient (Wildman–Crippen LogP) is 2.43. The Kier molecular flexibility index (Phi) is 1.77. The minimum Gasteiger partial charge on any atom is -0.376 e. The molecule has 2 rings (SSSR count). The molecule has 2 atom stereocenters. The molecule has 0 bridgehead atoms. The Bertz CT molecular complexity index is 178. The summed E-state index contributed by atoms with van der Waals surface area (Å²) < 4.78 is 5.57. The first-order valence-electron chi connectivity index (χ1n) is 4.12. The summed E-state index contributed by atoms with van der Waals surface area (Å²) in [5.41, 5.74) is 0.420. The molecular weight excluding hydrogens is 156 g/mol. The quantitative estimate of drug-likeness (QED) is 0.597. The number of rotatable bonds is 1. The van der Waals surface area contributed by atoms with Gasteiger partial charge in [-0.1, -0.05) is 19.9 Å². The van der Waals surface area contributed by atoms with Crippen LogP contribution in [0.15, 0.2) is 11.5 Å². The zero-order chi connectivity index (χ0) is 7.90. The highest BCUT2D eigenvalue weighted by molar-refractivity contribution is 8.03. The van der Waals surface area contributed by atoms with Gasteiger partial charge in [-0.3, -0.25) is 0 Å². The third-order valence-electron chi connectivity index (χ3n) is 2.46. The first-order chi connectivity index (χ1) is 5.20. The topological polar surface area (TPSA) is 9.23 Å². The van der Waals surface area contributed by atoms with Gasteiger partial charge >= 0.3 is 0 Å². The minimum absolute atomic E-state index is 0.420. The Morgan fingerprint density at radius 1 is 1.55 bits per heavy atom. The molecule has 0 aromatic rings. The molecule has 2 heteroatoms. The summed E-state index contributed by atoms with van der Waals surface area (Å²) >= 11 is 1.92. The van der Waals surface area contributed by atoms with Gasteiger partial charge in [0, 0.05) is 10.7 Å². The molecule has 2 aliphatic heterocycles. The van der Waals surface area contributed by atoms with E-state index < -0.39 is 0 Å². The lowest BCUT2D eigenvalue weighted by Gasteiger charge is -2.47. The molecule has 0 aliphatic carbocycles. The average Bonchev–Trinajstić information content (AvgIpc) is 2.38. The van der Waals surface area contributed by atoms with Crippen LogP contribution in [-0.4, -0.2) is 18.0 Å². The van der Waals surface area contributed by atoms with E-state index >= 15 is 0 Å². The molecule has 0 N–H and O–H groups in total. The van der Waals surface area contributed by atoms with Crippen LogP contribution in [0.4, 0.5) is 0 Å². The maximum Gasteiger partial charge on any atom is 0.0773 e. The summed E-state index contributed by atoms with van der Waals surface area (Å²) in [6.07, 6.45) is 3.92. The van der Waals surface area contributed by atoms with E-state index in [-0.39, 0.29) is 0 Å². The summed E-state index contributed by atoms with van der Waals surface area (Å²) in [6, 6.07) is 0. The SMILES string of the molecule is CC1(C)COC1C1CC=CS1. The summed E-state index contributed by atoms with van der Waals surface area (Å²) in [5.74, 6) is 0. The van der Waals surface area contributed by atoms with Crippen molar-refractivity contribution in [3.05, 3.63) is 11.5 Å². The minimum atomic E-state index is 0.420. The second kappa shape index (κ2) is 2.53. The van der Waals surface area contributed by atoms with Crippen LogP contribution >= 0.6 is 11.8 Å². The fourth-order valence-electron chi connectivity index (χ4n) is 1.72. The van der Waals surface area contributed by atoms with Gasteiger partial charge in [0.05, 0.1) is 12.7 Å². The maximum atomic E-state index is 5.57. The normalized spacial score (nSPS) is 40.5. The van der Waals surface area contributed by atoms with Crippen molar-refractivity contribution in [2.24, 2.45) is 5.41 Å². The molecular formula is C9H14OS. The first-order valence-corrected chi connectivity index (χ1v) is 5.06. The summed E-state index contributed by atoms with van der Waals surface area (Å²) in [5, 5.41) is 2.89. The van der Waals surface area contributed by atoms with Gasteiger partial charge in [0.1, 0.15) is 0 Å². The van der Waals surface area contributed by atoms with Crippen LogP contribution in [-0.2, 0) is 4.74 Å². The summed E-state index contributed by atoms with van der Waals surface area (Å²) in [4.78, 5) is 0. The van der Waals surface area contributed by atoms with E-state index in [4.69, 9.17) is 4.74 Å². The van der Waals surface area contributed by atoms with Gasteiger partial charge in [-0.05, 0) is 11.8 Å². The van der Waals surface area contributed by atoms with Gasteiger partial charge in [0.15, 0.2) is 0 Å². The van der Waals surface area contributed by atoms with Crippen molar-refractivity contribution in [3.63, 3.8) is 0 Å². The van der Waals surface area contributed by atoms with Crippen molar-refractivity contribution in [3.8, 4) is 0 Å². The summed E-state index contributed by atoms with van der Waals surface area (Å²) in [6.45, 7) is 5.52. The fraction of sp³-hybridized carbons (Fsp3) is 0.778. The molecule has 0 spiro atoms. The van der Waals surface area contributed by atoms with Gasteiger partial charge < -0.3 is 4.74 Å². The van der Waals surface area contributed by atoms with Crippen LogP contribution in [0.25, 0.3) is 0 Å². The Labute approximate surface area is 72.2 Å². The molecule has 1 saturated heterocycles. The van der Waals surface area contributed by atoms with Crippen LogP contribution in [0.5, 0.6) is 0 Å². The smallest absolute Gasteiger partial charge is 0.0773 e. The van der Waals surface area contributed by atoms with E-state index in [9.17, 15) is 0 Å². The number of thioether (sulfide) groups is 1. The third kappa shape index (κ3) is 1.23. The summed E-state index contributed by atoms with van der Waals surface area (Å²) in [7, 11) is 0. The van der Waals surface area contributed by atoms with Crippen LogP contribution in [0.3, 0.4) is 0 Å². The zero-order valence-electron chi connectivity index (χ0n) is 7.04. The zero-order valence-corrected chi connectivity index (χ0v) is 7.86. The monoisotopic (exact) mass is 170 g/mol. The molecule has 0 aromatic heterocycles. The molecule has 0 amide bonds. The Morgan fingerprint density at radius 2 is 2.36 bits per heavy atom. The number of hydrogen-bond donors (Lipinski definition) is 0. The lowest BCUT2D eigenvalue weighted by Crippen LogP contribution is -2.52. The first kappa shape index (κ1) is 7.69. The molecule has 0 aromatic carbocycles. The molecule has 2 heterocycles. The molecule has 0 saturated carbocycles. The highest BCUT2D eigenvalue weighted by Gasteiger charge is 2.45. The van der Waals surface area contributed by atoms with Gasteiger partial charge in [-0.2, -0.15) is 0 Å². The number of hydrogen-bond acceptors (Lipinski definition) is 2. The lowest BCUT2D eigenvalue weighted by atomic mass is 9.80. The highest BCUT2D eigenvalue weighted by atomic mass is 32.2. The van der Waals surface area contributed by atoms with Crippen LogP contribution in [0.1, 0.15) is 20.3 Å². The van der Waals surface area contributed by atoms with E-state index in [1.165, 1.54) is 6.42 Å². The molecule has 11 heavy (non-hydrogen) atoms.